The van der Waals surface area contributed by atoms with Gasteiger partial charge in [-0.1, -0.05) is 0 Å². The lowest BCUT2D eigenvalue weighted by Crippen LogP contribution is -2.28. The van der Waals surface area contributed by atoms with E-state index >= 15 is 0 Å². The molecule has 2 rings (SSSR count). The summed E-state index contributed by atoms with van der Waals surface area (Å²) in [5.74, 6) is -3.03. The maximum atomic E-state index is 12.4. The topological polar surface area (TPSA) is 87.3 Å². The van der Waals surface area contributed by atoms with Gasteiger partial charge >= 0.3 is 6.18 Å². The molecule has 1 heterocycles. The molecule has 21 heavy (non-hydrogen) atoms. The van der Waals surface area contributed by atoms with Crippen molar-refractivity contribution in [2.24, 2.45) is 5.92 Å². The maximum Gasteiger partial charge on any atom is 0.416 e. The highest BCUT2D eigenvalue weighted by atomic mass is 19.4. The van der Waals surface area contributed by atoms with Crippen molar-refractivity contribution in [2.75, 3.05) is 5.32 Å². The first kappa shape index (κ1) is 14.8. The monoisotopic (exact) mass is 301 g/mol. The van der Waals surface area contributed by atoms with Gasteiger partial charge in [-0.3, -0.25) is 25.2 Å². The van der Waals surface area contributed by atoms with Crippen LogP contribution < -0.4 is 16.2 Å². The molecule has 9 heteroatoms. The highest BCUT2D eigenvalue weighted by Crippen LogP contribution is 2.29. The van der Waals surface area contributed by atoms with Crippen molar-refractivity contribution in [3.63, 3.8) is 0 Å². The lowest BCUT2D eigenvalue weighted by Gasteiger charge is -2.09. The van der Waals surface area contributed by atoms with Crippen LogP contribution in [0.5, 0.6) is 0 Å². The van der Waals surface area contributed by atoms with Crippen LogP contribution >= 0.6 is 0 Å². The number of benzene rings is 1. The summed E-state index contributed by atoms with van der Waals surface area (Å²) in [6, 6.07) is 3.83. The molecule has 1 saturated heterocycles. The van der Waals surface area contributed by atoms with Gasteiger partial charge in [0, 0.05) is 12.1 Å². The van der Waals surface area contributed by atoms with E-state index in [-0.39, 0.29) is 5.69 Å². The van der Waals surface area contributed by atoms with Crippen LogP contribution in [0.4, 0.5) is 18.9 Å². The average Bonchev–Trinajstić information content (AvgIpc) is 2.70. The zero-order valence-corrected chi connectivity index (χ0v) is 10.5. The summed E-state index contributed by atoms with van der Waals surface area (Å²) in [6.45, 7) is 0. The normalized spacial score (nSPS) is 15.6. The molecule has 112 valence electrons. The van der Waals surface area contributed by atoms with E-state index in [9.17, 15) is 27.6 Å². The Morgan fingerprint density at radius 2 is 1.62 bits per heavy atom. The Morgan fingerprint density at radius 3 is 2.10 bits per heavy atom. The highest BCUT2D eigenvalue weighted by Gasteiger charge is 2.35. The first-order chi connectivity index (χ1) is 9.77. The number of anilines is 1. The van der Waals surface area contributed by atoms with Gasteiger partial charge in [-0.2, -0.15) is 13.2 Å². The van der Waals surface area contributed by atoms with Gasteiger partial charge in [-0.15, -0.1) is 0 Å². The minimum Gasteiger partial charge on any atom is -0.326 e. The van der Waals surface area contributed by atoms with Crippen LogP contribution in [0.15, 0.2) is 24.3 Å². The third-order valence-electron chi connectivity index (χ3n) is 2.83. The van der Waals surface area contributed by atoms with Crippen LogP contribution in [0.25, 0.3) is 0 Å². The molecule has 3 N–H and O–H groups in total. The summed E-state index contributed by atoms with van der Waals surface area (Å²) in [6.07, 6.45) is -4.85. The fourth-order valence-electron chi connectivity index (χ4n) is 1.74. The molecule has 1 aromatic rings. The smallest absolute Gasteiger partial charge is 0.326 e. The van der Waals surface area contributed by atoms with Crippen LogP contribution in [-0.4, -0.2) is 17.7 Å². The third-order valence-corrected chi connectivity index (χ3v) is 2.83. The van der Waals surface area contributed by atoms with Crippen molar-refractivity contribution >= 4 is 23.4 Å². The van der Waals surface area contributed by atoms with Crippen LogP contribution in [0.2, 0.25) is 0 Å². The molecule has 0 radical (unpaired) electrons. The molecule has 6 nitrogen and oxygen atoms in total. The first-order valence-corrected chi connectivity index (χ1v) is 5.84. The number of halogens is 3. The summed E-state index contributed by atoms with van der Waals surface area (Å²) >= 11 is 0. The fraction of sp³-hybridized carbons (Fsp3) is 0.250. The van der Waals surface area contributed by atoms with E-state index in [0.717, 1.165) is 24.3 Å². The number of alkyl halides is 3. The third kappa shape index (κ3) is 3.50. The Morgan fingerprint density at radius 1 is 1.10 bits per heavy atom. The van der Waals surface area contributed by atoms with Crippen LogP contribution in [0.3, 0.4) is 0 Å². The Kier molecular flexibility index (Phi) is 3.83. The number of rotatable bonds is 3. The molecule has 0 spiro atoms. The summed E-state index contributed by atoms with van der Waals surface area (Å²) in [4.78, 5) is 34.1. The standard InChI is InChI=1S/C12H10F3N3O3/c13-12(14,15)6-1-3-7(4-2-6)16-9(19)5-8-10(20)17-18-11(8)21/h1-4,8H,5H2,(H,16,19)(H,17,20)(H,18,21). The van der Waals surface area contributed by atoms with E-state index < -0.39 is 41.8 Å². The fourth-order valence-corrected chi connectivity index (χ4v) is 1.74. The summed E-state index contributed by atoms with van der Waals surface area (Å²) in [5.41, 5.74) is 3.45. The lowest BCUT2D eigenvalue weighted by molar-refractivity contribution is -0.137. The van der Waals surface area contributed by atoms with Gasteiger partial charge in [-0.25, -0.2) is 0 Å². The predicted molar refractivity (Wildman–Crippen MR) is 64.5 cm³/mol. The zero-order valence-electron chi connectivity index (χ0n) is 10.5. The Bertz CT molecular complexity index is 568. The van der Waals surface area contributed by atoms with Crippen molar-refractivity contribution in [3.8, 4) is 0 Å². The lowest BCUT2D eigenvalue weighted by atomic mass is 10.1. The summed E-state index contributed by atoms with van der Waals surface area (Å²) in [5, 5.41) is 2.32. The molecular weight excluding hydrogens is 291 g/mol. The molecule has 3 amide bonds. The molecule has 0 bridgehead atoms. The summed E-state index contributed by atoms with van der Waals surface area (Å²) in [7, 11) is 0. The number of amides is 3. The Hall–Kier alpha value is -2.58. The predicted octanol–water partition coefficient (Wildman–Crippen LogP) is 0.811. The number of hydrogen-bond acceptors (Lipinski definition) is 3. The molecule has 1 aliphatic heterocycles. The first-order valence-electron chi connectivity index (χ1n) is 5.84. The average molecular weight is 301 g/mol. The molecule has 1 aromatic carbocycles. The van der Waals surface area contributed by atoms with Crippen molar-refractivity contribution < 1.29 is 27.6 Å². The number of carbonyl (C=O) groups excluding carboxylic acids is 3. The molecule has 0 aromatic heterocycles. The Balaban J connectivity index is 1.97. The van der Waals surface area contributed by atoms with E-state index in [1.807, 2.05) is 0 Å². The highest BCUT2D eigenvalue weighted by molar-refractivity contribution is 6.08. The van der Waals surface area contributed by atoms with E-state index in [1.165, 1.54) is 0 Å². The Labute approximate surface area is 116 Å². The van der Waals surface area contributed by atoms with Crippen LogP contribution in [-0.2, 0) is 20.6 Å². The van der Waals surface area contributed by atoms with Gasteiger partial charge in [0.15, 0.2) is 0 Å². The van der Waals surface area contributed by atoms with E-state index in [4.69, 9.17) is 0 Å². The van der Waals surface area contributed by atoms with E-state index in [1.54, 1.807) is 0 Å². The minimum absolute atomic E-state index is 0.145. The van der Waals surface area contributed by atoms with Crippen molar-refractivity contribution in [2.45, 2.75) is 12.6 Å². The molecular formula is C12H10F3N3O3. The SMILES string of the molecule is O=C(CC1C(=O)NNC1=O)Nc1ccc(C(F)(F)F)cc1. The number of carbonyl (C=O) groups is 3. The van der Waals surface area contributed by atoms with Crippen molar-refractivity contribution in [1.29, 1.82) is 0 Å². The van der Waals surface area contributed by atoms with E-state index in [2.05, 4.69) is 16.2 Å². The van der Waals surface area contributed by atoms with Crippen LogP contribution in [0, 0.1) is 5.92 Å². The molecule has 1 fully saturated rings. The summed E-state index contributed by atoms with van der Waals surface area (Å²) < 4.78 is 37.1. The number of nitrogens with one attached hydrogen (secondary N) is 3. The van der Waals surface area contributed by atoms with Crippen LogP contribution in [0.1, 0.15) is 12.0 Å². The van der Waals surface area contributed by atoms with Gasteiger partial charge in [0.2, 0.25) is 5.91 Å². The molecule has 1 aliphatic rings. The van der Waals surface area contributed by atoms with Gasteiger partial charge < -0.3 is 5.32 Å². The van der Waals surface area contributed by atoms with Gasteiger partial charge in [-0.05, 0) is 24.3 Å². The minimum atomic E-state index is -4.46. The number of hydrazine groups is 1. The maximum absolute atomic E-state index is 12.4. The quantitative estimate of drug-likeness (QED) is 0.722. The largest absolute Gasteiger partial charge is 0.416 e. The van der Waals surface area contributed by atoms with Gasteiger partial charge in [0.1, 0.15) is 5.92 Å². The zero-order chi connectivity index (χ0) is 15.6. The van der Waals surface area contributed by atoms with Gasteiger partial charge in [0.25, 0.3) is 11.8 Å². The van der Waals surface area contributed by atoms with Crippen molar-refractivity contribution in [3.05, 3.63) is 29.8 Å². The molecule has 0 atom stereocenters. The molecule has 0 unspecified atom stereocenters. The van der Waals surface area contributed by atoms with Gasteiger partial charge in [0.05, 0.1) is 5.56 Å². The van der Waals surface area contributed by atoms with Crippen molar-refractivity contribution in [1.82, 2.24) is 10.9 Å². The number of hydrogen-bond donors (Lipinski definition) is 3. The van der Waals surface area contributed by atoms with E-state index in [0.29, 0.717) is 0 Å². The molecule has 0 saturated carbocycles. The second-order valence-corrected chi connectivity index (χ2v) is 4.36. The second-order valence-electron chi connectivity index (χ2n) is 4.36. The molecule has 0 aliphatic carbocycles. The second kappa shape index (κ2) is 5.43.